The van der Waals surface area contributed by atoms with Crippen molar-refractivity contribution in [3.63, 3.8) is 0 Å². The lowest BCUT2D eigenvalue weighted by molar-refractivity contribution is 0.0636. The number of piperazine rings is 1. The first-order chi connectivity index (χ1) is 16.4. The number of piperidine rings is 1. The molecule has 1 aromatic carbocycles. The van der Waals surface area contributed by atoms with Crippen LogP contribution < -0.4 is 14.9 Å². The molecule has 2 N–H and O–H groups in total. The fourth-order valence-electron chi connectivity index (χ4n) is 4.69. The van der Waals surface area contributed by atoms with Gasteiger partial charge in [-0.05, 0) is 56.4 Å². The van der Waals surface area contributed by atoms with Crippen molar-refractivity contribution in [2.75, 3.05) is 42.3 Å². The van der Waals surface area contributed by atoms with Gasteiger partial charge in [-0.3, -0.25) is 9.52 Å². The maximum atomic E-state index is 13.6. The maximum Gasteiger partial charge on any atom is 0.261 e. The molecule has 0 bridgehead atoms. The van der Waals surface area contributed by atoms with Gasteiger partial charge >= 0.3 is 0 Å². The number of anilines is 2. The highest BCUT2D eigenvalue weighted by Gasteiger charge is 2.29. The first-order valence-electron chi connectivity index (χ1n) is 12.3. The number of rotatable bonds is 7. The minimum atomic E-state index is -3.80. The van der Waals surface area contributed by atoms with Crippen molar-refractivity contribution in [3.05, 3.63) is 47.7 Å². The second kappa shape index (κ2) is 10.7. The number of pyridine rings is 1. The van der Waals surface area contributed by atoms with Gasteiger partial charge in [0.05, 0.1) is 22.3 Å². The quantitative estimate of drug-likeness (QED) is 0.625. The Kier molecular flexibility index (Phi) is 7.73. The number of carbonyl (C=O) groups excluding carboxylic acids is 1. The summed E-state index contributed by atoms with van der Waals surface area (Å²) in [5.74, 6) is 0.536. The molecule has 9 heteroatoms. The molecule has 2 fully saturated rings. The Morgan fingerprint density at radius 1 is 1.15 bits per heavy atom. The largest absolute Gasteiger partial charge is 0.353 e. The summed E-state index contributed by atoms with van der Waals surface area (Å²) in [7, 11) is -3.80. The van der Waals surface area contributed by atoms with Gasteiger partial charge in [0, 0.05) is 38.8 Å². The van der Waals surface area contributed by atoms with E-state index in [0.29, 0.717) is 23.6 Å². The van der Waals surface area contributed by atoms with E-state index < -0.39 is 10.0 Å². The minimum Gasteiger partial charge on any atom is -0.353 e. The van der Waals surface area contributed by atoms with Crippen molar-refractivity contribution >= 4 is 27.4 Å². The topological polar surface area (TPSA) is 94.6 Å². The average Bonchev–Trinajstić information content (AvgIpc) is 2.85. The monoisotopic (exact) mass is 485 g/mol. The molecule has 0 saturated carbocycles. The van der Waals surface area contributed by atoms with Crippen molar-refractivity contribution in [3.8, 4) is 0 Å². The number of aromatic nitrogens is 1. The van der Waals surface area contributed by atoms with Gasteiger partial charge in [-0.25, -0.2) is 13.4 Å². The maximum absolute atomic E-state index is 13.6. The van der Waals surface area contributed by atoms with Crippen LogP contribution in [0.1, 0.15) is 55.5 Å². The number of nitrogens with zero attached hydrogens (tertiary/aromatic N) is 3. The summed E-state index contributed by atoms with van der Waals surface area (Å²) in [4.78, 5) is 22.4. The lowest BCUT2D eigenvalue weighted by atomic mass is 10.0. The van der Waals surface area contributed by atoms with E-state index in [-0.39, 0.29) is 16.8 Å². The number of aryl methyl sites for hydroxylation is 1. The SMILES string of the molecule is CCCc1ccc(S(=O)(=O)Nc2cnc(N3CCNCC3)c(C(=O)N3CCCC[C@H]3C)c2)cc1. The number of sulfonamides is 1. The first-order valence-corrected chi connectivity index (χ1v) is 13.8. The Balaban J connectivity index is 1.64. The van der Waals surface area contributed by atoms with Crippen LogP contribution in [0.25, 0.3) is 0 Å². The molecule has 3 heterocycles. The Labute approximate surface area is 202 Å². The van der Waals surface area contributed by atoms with Crippen LogP contribution in [0.15, 0.2) is 41.4 Å². The van der Waals surface area contributed by atoms with E-state index >= 15 is 0 Å². The summed E-state index contributed by atoms with van der Waals surface area (Å²) < 4.78 is 28.7. The predicted molar refractivity (Wildman–Crippen MR) is 135 cm³/mol. The molecule has 0 radical (unpaired) electrons. The fourth-order valence-corrected chi connectivity index (χ4v) is 5.73. The molecule has 2 aliphatic heterocycles. The molecule has 4 rings (SSSR count). The third-order valence-electron chi connectivity index (χ3n) is 6.60. The highest BCUT2D eigenvalue weighted by Crippen LogP contribution is 2.28. The van der Waals surface area contributed by atoms with Gasteiger partial charge in [0.15, 0.2) is 0 Å². The number of benzene rings is 1. The second-order valence-corrected chi connectivity index (χ2v) is 10.9. The zero-order chi connectivity index (χ0) is 24.1. The van der Waals surface area contributed by atoms with Gasteiger partial charge in [0.2, 0.25) is 0 Å². The molecule has 2 aromatic rings. The van der Waals surface area contributed by atoms with Crippen molar-refractivity contribution < 1.29 is 13.2 Å². The molecular formula is C25H35N5O3S. The molecule has 34 heavy (non-hydrogen) atoms. The summed E-state index contributed by atoms with van der Waals surface area (Å²) in [6.45, 7) is 8.00. The first kappa shape index (κ1) is 24.5. The minimum absolute atomic E-state index is 0.0850. The molecular weight excluding hydrogens is 450 g/mol. The highest BCUT2D eigenvalue weighted by molar-refractivity contribution is 7.92. The van der Waals surface area contributed by atoms with Crippen LogP contribution in [0, 0.1) is 0 Å². The Hall–Kier alpha value is -2.65. The van der Waals surface area contributed by atoms with Crippen LogP contribution in [0.5, 0.6) is 0 Å². The van der Waals surface area contributed by atoms with E-state index in [1.165, 1.54) is 6.20 Å². The molecule has 0 spiro atoms. The molecule has 1 atom stereocenters. The molecule has 0 aliphatic carbocycles. The van der Waals surface area contributed by atoms with Gasteiger partial charge in [0.1, 0.15) is 5.82 Å². The van der Waals surface area contributed by atoms with Crippen LogP contribution in [-0.2, 0) is 16.4 Å². The van der Waals surface area contributed by atoms with Crippen molar-refractivity contribution in [2.45, 2.75) is 56.9 Å². The van der Waals surface area contributed by atoms with E-state index in [1.54, 1.807) is 18.2 Å². The average molecular weight is 486 g/mol. The number of nitrogens with one attached hydrogen (secondary N) is 2. The fraction of sp³-hybridized carbons (Fsp3) is 0.520. The van der Waals surface area contributed by atoms with Gasteiger partial charge < -0.3 is 15.1 Å². The molecule has 184 valence electrons. The normalized spacial score (nSPS) is 19.2. The standard InChI is InChI=1S/C25H35N5O3S/c1-3-6-20-8-10-22(11-9-20)34(32,33)28-21-17-23(25(31)30-14-5-4-7-19(30)2)24(27-18-21)29-15-12-26-13-16-29/h8-11,17-19,26,28H,3-7,12-16H2,1-2H3/t19-/m1/s1. The molecule has 0 unspecified atom stereocenters. The zero-order valence-corrected chi connectivity index (χ0v) is 20.9. The molecule has 1 amide bonds. The van der Waals surface area contributed by atoms with Crippen LogP contribution in [0.3, 0.4) is 0 Å². The van der Waals surface area contributed by atoms with Crippen LogP contribution in [0.4, 0.5) is 11.5 Å². The predicted octanol–water partition coefficient (Wildman–Crippen LogP) is 3.26. The molecule has 2 aliphatic rings. The van der Waals surface area contributed by atoms with Crippen LogP contribution >= 0.6 is 0 Å². The highest BCUT2D eigenvalue weighted by atomic mass is 32.2. The van der Waals surface area contributed by atoms with E-state index in [2.05, 4.69) is 33.8 Å². The number of carbonyl (C=O) groups is 1. The summed E-state index contributed by atoms with van der Waals surface area (Å²) in [6.07, 6.45) is 6.49. The van der Waals surface area contributed by atoms with Crippen molar-refractivity contribution in [2.24, 2.45) is 0 Å². The van der Waals surface area contributed by atoms with E-state index in [4.69, 9.17) is 0 Å². The number of likely N-dealkylation sites (tertiary alicyclic amines) is 1. The van der Waals surface area contributed by atoms with Gasteiger partial charge in [-0.15, -0.1) is 0 Å². The van der Waals surface area contributed by atoms with E-state index in [9.17, 15) is 13.2 Å². The molecule has 1 aromatic heterocycles. The van der Waals surface area contributed by atoms with Crippen LogP contribution in [-0.4, -0.2) is 63.0 Å². The Morgan fingerprint density at radius 3 is 2.56 bits per heavy atom. The molecule has 8 nitrogen and oxygen atoms in total. The number of amides is 1. The Bertz CT molecular complexity index is 1100. The summed E-state index contributed by atoms with van der Waals surface area (Å²) >= 11 is 0. The zero-order valence-electron chi connectivity index (χ0n) is 20.1. The smallest absolute Gasteiger partial charge is 0.261 e. The van der Waals surface area contributed by atoms with Crippen LogP contribution in [0.2, 0.25) is 0 Å². The third-order valence-corrected chi connectivity index (χ3v) is 8.00. The van der Waals surface area contributed by atoms with E-state index in [0.717, 1.165) is 63.8 Å². The lowest BCUT2D eigenvalue weighted by Gasteiger charge is -2.35. The summed E-state index contributed by atoms with van der Waals surface area (Å²) in [5, 5.41) is 3.32. The Morgan fingerprint density at radius 2 is 1.88 bits per heavy atom. The second-order valence-electron chi connectivity index (χ2n) is 9.18. The van der Waals surface area contributed by atoms with E-state index in [1.807, 2.05) is 17.0 Å². The summed E-state index contributed by atoms with van der Waals surface area (Å²) in [6, 6.07) is 8.73. The molecule has 2 saturated heterocycles. The van der Waals surface area contributed by atoms with Gasteiger partial charge in [-0.1, -0.05) is 25.5 Å². The van der Waals surface area contributed by atoms with Crippen molar-refractivity contribution in [1.29, 1.82) is 0 Å². The summed E-state index contributed by atoms with van der Waals surface area (Å²) in [5.41, 5.74) is 1.85. The third kappa shape index (κ3) is 5.52. The number of hydrogen-bond acceptors (Lipinski definition) is 6. The van der Waals surface area contributed by atoms with Gasteiger partial charge in [0.25, 0.3) is 15.9 Å². The van der Waals surface area contributed by atoms with Crippen molar-refractivity contribution in [1.82, 2.24) is 15.2 Å². The van der Waals surface area contributed by atoms with Gasteiger partial charge in [-0.2, -0.15) is 0 Å². The lowest BCUT2D eigenvalue weighted by Crippen LogP contribution is -2.46. The number of hydrogen-bond donors (Lipinski definition) is 2.